The number of nitrogens with zero attached hydrogens (tertiary/aromatic N) is 3. The van der Waals surface area contributed by atoms with Gasteiger partial charge in [0.1, 0.15) is 11.3 Å². The van der Waals surface area contributed by atoms with E-state index in [1.165, 1.54) is 0 Å². The van der Waals surface area contributed by atoms with Crippen molar-refractivity contribution < 1.29 is 9.32 Å². The summed E-state index contributed by atoms with van der Waals surface area (Å²) >= 11 is 0. The Labute approximate surface area is 136 Å². The standard InChI is InChI=1S/C17H24N4O2/c1-10(2)15-14(12(4)23-20-15)17(22)21-8-6-5-7-13(21)16-11(3)9-18-19-16/h9-10,13H,5-8H2,1-4H3,(H,18,19). The number of hydrogen-bond acceptors (Lipinski definition) is 4. The number of nitrogens with one attached hydrogen (secondary N) is 1. The Morgan fingerprint density at radius 2 is 2.17 bits per heavy atom. The van der Waals surface area contributed by atoms with Gasteiger partial charge in [-0.1, -0.05) is 19.0 Å². The summed E-state index contributed by atoms with van der Waals surface area (Å²) in [6.45, 7) is 8.65. The van der Waals surface area contributed by atoms with Gasteiger partial charge in [-0.25, -0.2) is 0 Å². The van der Waals surface area contributed by atoms with Gasteiger partial charge in [-0.3, -0.25) is 9.89 Å². The van der Waals surface area contributed by atoms with Gasteiger partial charge in [0.2, 0.25) is 0 Å². The molecule has 6 nitrogen and oxygen atoms in total. The lowest BCUT2D eigenvalue weighted by molar-refractivity contribution is 0.0602. The number of amides is 1. The lowest BCUT2D eigenvalue weighted by Gasteiger charge is -2.35. The van der Waals surface area contributed by atoms with Gasteiger partial charge in [-0.15, -0.1) is 0 Å². The third kappa shape index (κ3) is 2.78. The monoisotopic (exact) mass is 316 g/mol. The van der Waals surface area contributed by atoms with E-state index in [4.69, 9.17) is 4.52 Å². The highest BCUT2D eigenvalue weighted by Gasteiger charge is 2.34. The van der Waals surface area contributed by atoms with Crippen molar-refractivity contribution in [2.24, 2.45) is 0 Å². The Bertz CT molecular complexity index is 701. The van der Waals surface area contributed by atoms with E-state index >= 15 is 0 Å². The minimum Gasteiger partial charge on any atom is -0.361 e. The van der Waals surface area contributed by atoms with E-state index < -0.39 is 0 Å². The predicted octanol–water partition coefficient (Wildman–Crippen LogP) is 3.51. The molecule has 1 saturated heterocycles. The van der Waals surface area contributed by atoms with Crippen molar-refractivity contribution in [1.82, 2.24) is 20.3 Å². The van der Waals surface area contributed by atoms with Crippen LogP contribution in [0.1, 0.15) is 78.1 Å². The molecule has 0 spiro atoms. The van der Waals surface area contributed by atoms with E-state index in [-0.39, 0.29) is 17.9 Å². The van der Waals surface area contributed by atoms with Crippen LogP contribution >= 0.6 is 0 Å². The number of aromatic nitrogens is 3. The molecular weight excluding hydrogens is 292 g/mol. The largest absolute Gasteiger partial charge is 0.361 e. The lowest BCUT2D eigenvalue weighted by Crippen LogP contribution is -2.39. The third-order valence-corrected chi connectivity index (χ3v) is 4.61. The van der Waals surface area contributed by atoms with Crippen LogP contribution in [0, 0.1) is 13.8 Å². The number of hydrogen-bond donors (Lipinski definition) is 1. The first-order chi connectivity index (χ1) is 11.0. The summed E-state index contributed by atoms with van der Waals surface area (Å²) in [5, 5.41) is 11.3. The fourth-order valence-corrected chi connectivity index (χ4v) is 3.36. The smallest absolute Gasteiger partial charge is 0.259 e. The highest BCUT2D eigenvalue weighted by molar-refractivity contribution is 5.96. The van der Waals surface area contributed by atoms with E-state index in [2.05, 4.69) is 15.4 Å². The molecule has 0 radical (unpaired) electrons. The molecule has 124 valence electrons. The Kier molecular flexibility index (Phi) is 4.24. The molecule has 0 aromatic carbocycles. The summed E-state index contributed by atoms with van der Waals surface area (Å²) in [7, 11) is 0. The number of aromatic amines is 1. The summed E-state index contributed by atoms with van der Waals surface area (Å²) in [4.78, 5) is 15.2. The highest BCUT2D eigenvalue weighted by atomic mass is 16.5. The van der Waals surface area contributed by atoms with Crippen LogP contribution in [0.25, 0.3) is 0 Å². The van der Waals surface area contributed by atoms with Gasteiger partial charge in [0.15, 0.2) is 0 Å². The molecule has 1 aliphatic rings. The minimum absolute atomic E-state index is 0.0196. The molecule has 2 aromatic rings. The molecule has 1 unspecified atom stereocenters. The van der Waals surface area contributed by atoms with Gasteiger partial charge in [-0.2, -0.15) is 5.10 Å². The van der Waals surface area contributed by atoms with E-state index in [0.717, 1.165) is 42.8 Å². The van der Waals surface area contributed by atoms with E-state index in [9.17, 15) is 4.79 Å². The van der Waals surface area contributed by atoms with Gasteiger partial charge in [0.25, 0.3) is 5.91 Å². The molecule has 6 heteroatoms. The summed E-state index contributed by atoms with van der Waals surface area (Å²) < 4.78 is 5.30. The molecule has 3 rings (SSSR count). The van der Waals surface area contributed by atoms with Crippen LogP contribution in [0.15, 0.2) is 10.7 Å². The van der Waals surface area contributed by atoms with Crippen LogP contribution in [0.4, 0.5) is 0 Å². The Hall–Kier alpha value is -2.11. The van der Waals surface area contributed by atoms with Crippen LogP contribution in [0.2, 0.25) is 0 Å². The molecule has 23 heavy (non-hydrogen) atoms. The number of likely N-dealkylation sites (tertiary alicyclic amines) is 1. The molecule has 1 N–H and O–H groups in total. The molecular formula is C17H24N4O2. The Balaban J connectivity index is 1.97. The van der Waals surface area contributed by atoms with Crippen LogP contribution in [-0.2, 0) is 0 Å². The molecule has 3 heterocycles. The van der Waals surface area contributed by atoms with E-state index in [1.54, 1.807) is 0 Å². The summed E-state index contributed by atoms with van der Waals surface area (Å²) in [6, 6.07) is 0.0491. The molecule has 1 fully saturated rings. The zero-order chi connectivity index (χ0) is 16.6. The average Bonchev–Trinajstić information content (AvgIpc) is 3.12. The maximum absolute atomic E-state index is 13.2. The predicted molar refractivity (Wildman–Crippen MR) is 86.3 cm³/mol. The van der Waals surface area contributed by atoms with Crippen LogP contribution < -0.4 is 0 Å². The molecule has 0 aliphatic carbocycles. The van der Waals surface area contributed by atoms with Crippen LogP contribution in [-0.4, -0.2) is 32.7 Å². The molecule has 1 aliphatic heterocycles. The first-order valence-electron chi connectivity index (χ1n) is 8.27. The fourth-order valence-electron chi connectivity index (χ4n) is 3.36. The average molecular weight is 316 g/mol. The summed E-state index contributed by atoms with van der Waals surface area (Å²) in [5.74, 6) is 0.777. The van der Waals surface area contributed by atoms with Gasteiger partial charge in [-0.05, 0) is 44.6 Å². The van der Waals surface area contributed by atoms with Gasteiger partial charge >= 0.3 is 0 Å². The van der Waals surface area contributed by atoms with Crippen molar-refractivity contribution in [2.75, 3.05) is 6.54 Å². The first kappa shape index (κ1) is 15.8. The van der Waals surface area contributed by atoms with Crippen molar-refractivity contribution in [2.45, 2.75) is 58.9 Å². The quantitative estimate of drug-likeness (QED) is 0.940. The SMILES string of the molecule is Cc1cn[nH]c1C1CCCCN1C(=O)c1c(C(C)C)noc1C. The zero-order valence-electron chi connectivity index (χ0n) is 14.2. The highest BCUT2D eigenvalue weighted by Crippen LogP contribution is 2.34. The molecule has 2 aromatic heterocycles. The Morgan fingerprint density at radius 1 is 1.39 bits per heavy atom. The number of carbonyl (C=O) groups excluding carboxylic acids is 1. The van der Waals surface area contributed by atoms with Crippen LogP contribution in [0.3, 0.4) is 0 Å². The number of H-pyrrole nitrogens is 1. The maximum atomic E-state index is 13.2. The second kappa shape index (κ2) is 6.18. The normalized spacial score (nSPS) is 18.7. The van der Waals surface area contributed by atoms with Crippen molar-refractivity contribution in [1.29, 1.82) is 0 Å². The number of rotatable bonds is 3. The minimum atomic E-state index is 0.0196. The van der Waals surface area contributed by atoms with Gasteiger partial charge in [0.05, 0.1) is 23.6 Å². The third-order valence-electron chi connectivity index (χ3n) is 4.61. The first-order valence-corrected chi connectivity index (χ1v) is 8.27. The number of piperidine rings is 1. The summed E-state index contributed by atoms with van der Waals surface area (Å²) in [5.41, 5.74) is 3.52. The van der Waals surface area contributed by atoms with E-state index in [0.29, 0.717) is 11.3 Å². The van der Waals surface area contributed by atoms with Crippen LogP contribution in [0.5, 0.6) is 0 Å². The van der Waals surface area contributed by atoms with Gasteiger partial charge < -0.3 is 9.42 Å². The second-order valence-corrected chi connectivity index (χ2v) is 6.63. The lowest BCUT2D eigenvalue weighted by atomic mass is 9.95. The van der Waals surface area contributed by atoms with Crippen molar-refractivity contribution >= 4 is 5.91 Å². The second-order valence-electron chi connectivity index (χ2n) is 6.63. The number of aryl methyl sites for hydroxylation is 2. The Morgan fingerprint density at radius 3 is 2.83 bits per heavy atom. The molecule has 1 amide bonds. The fraction of sp³-hybridized carbons (Fsp3) is 0.588. The molecule has 0 bridgehead atoms. The zero-order valence-corrected chi connectivity index (χ0v) is 14.2. The number of carbonyl (C=O) groups is 1. The molecule has 1 atom stereocenters. The molecule has 0 saturated carbocycles. The topological polar surface area (TPSA) is 75.0 Å². The van der Waals surface area contributed by atoms with Gasteiger partial charge in [0, 0.05) is 6.54 Å². The maximum Gasteiger partial charge on any atom is 0.259 e. The van der Waals surface area contributed by atoms with Crippen molar-refractivity contribution in [3.8, 4) is 0 Å². The summed E-state index contributed by atoms with van der Waals surface area (Å²) in [6.07, 6.45) is 4.91. The van der Waals surface area contributed by atoms with E-state index in [1.807, 2.05) is 38.8 Å². The van der Waals surface area contributed by atoms with Crippen molar-refractivity contribution in [3.63, 3.8) is 0 Å². The van der Waals surface area contributed by atoms with Crippen molar-refractivity contribution in [3.05, 3.63) is 34.5 Å².